The number of nitro groups is 1. The smallest absolute Gasteiger partial charge is 0.323 e. The second-order valence-electron chi connectivity index (χ2n) is 5.25. The van der Waals surface area contributed by atoms with E-state index in [9.17, 15) is 14.9 Å². The third-order valence-corrected chi connectivity index (χ3v) is 4.05. The van der Waals surface area contributed by atoms with Gasteiger partial charge >= 0.3 is 5.69 Å². The van der Waals surface area contributed by atoms with Crippen LogP contribution in [0.5, 0.6) is 5.75 Å². The number of carbonyl (C=O) groups is 1. The summed E-state index contributed by atoms with van der Waals surface area (Å²) >= 11 is 0. The lowest BCUT2D eigenvalue weighted by Gasteiger charge is -2.22. The Balaban J connectivity index is 2.11. The van der Waals surface area contributed by atoms with E-state index in [4.69, 9.17) is 4.74 Å². The van der Waals surface area contributed by atoms with Crippen molar-refractivity contribution >= 4 is 11.6 Å². The third-order valence-electron chi connectivity index (χ3n) is 4.05. The van der Waals surface area contributed by atoms with Crippen molar-refractivity contribution < 1.29 is 14.5 Å². The van der Waals surface area contributed by atoms with E-state index in [-0.39, 0.29) is 17.0 Å². The highest BCUT2D eigenvalue weighted by Gasteiger charge is 2.27. The Hall–Kier alpha value is -2.15. The normalized spacial score (nSPS) is 18.2. The number of ether oxygens (including phenoxy) is 1. The standard InChI is InChI=1S/C15H21N3O4/c1-3-17-9-5-6-11(17)10-16-15(19)12-7-4-8-13(22-2)14(12)18(20)21/h4,7-8,11H,3,5-6,9-10H2,1-2H3,(H,16,19). The van der Waals surface area contributed by atoms with Crippen molar-refractivity contribution in [1.82, 2.24) is 10.2 Å². The summed E-state index contributed by atoms with van der Waals surface area (Å²) in [4.78, 5) is 25.2. The largest absolute Gasteiger partial charge is 0.490 e. The van der Waals surface area contributed by atoms with Gasteiger partial charge in [0.15, 0.2) is 5.75 Å². The summed E-state index contributed by atoms with van der Waals surface area (Å²) in [6, 6.07) is 4.81. The van der Waals surface area contributed by atoms with Gasteiger partial charge in [-0.2, -0.15) is 0 Å². The first kappa shape index (κ1) is 16.2. The molecule has 1 fully saturated rings. The van der Waals surface area contributed by atoms with Gasteiger partial charge in [0.2, 0.25) is 0 Å². The average molecular weight is 307 g/mol. The number of benzene rings is 1. The Kier molecular flexibility index (Phi) is 5.32. The van der Waals surface area contributed by atoms with Crippen LogP contribution in [0.3, 0.4) is 0 Å². The maximum absolute atomic E-state index is 12.3. The van der Waals surface area contributed by atoms with Gasteiger partial charge in [-0.1, -0.05) is 13.0 Å². The lowest BCUT2D eigenvalue weighted by atomic mass is 10.1. The van der Waals surface area contributed by atoms with Crippen LogP contribution in [0, 0.1) is 10.1 Å². The van der Waals surface area contributed by atoms with Crippen LogP contribution >= 0.6 is 0 Å². The van der Waals surface area contributed by atoms with Crippen LogP contribution in [0.1, 0.15) is 30.1 Å². The van der Waals surface area contributed by atoms with E-state index < -0.39 is 10.8 Å². The van der Waals surface area contributed by atoms with E-state index in [0.717, 1.165) is 25.9 Å². The van der Waals surface area contributed by atoms with Gasteiger partial charge in [-0.15, -0.1) is 0 Å². The Labute approximate surface area is 129 Å². The van der Waals surface area contributed by atoms with Crippen molar-refractivity contribution in [3.05, 3.63) is 33.9 Å². The number of carbonyl (C=O) groups excluding carboxylic acids is 1. The van der Waals surface area contributed by atoms with Crippen LogP contribution in [-0.4, -0.2) is 48.5 Å². The number of nitrogens with zero attached hydrogens (tertiary/aromatic N) is 2. The van der Waals surface area contributed by atoms with Gasteiger partial charge in [-0.05, 0) is 38.1 Å². The first-order valence-electron chi connectivity index (χ1n) is 7.42. The molecule has 0 spiro atoms. The minimum absolute atomic E-state index is 0.0328. The molecule has 0 bridgehead atoms. The second kappa shape index (κ2) is 7.22. The molecule has 2 rings (SSSR count). The van der Waals surface area contributed by atoms with Crippen molar-refractivity contribution in [3.8, 4) is 5.75 Å². The van der Waals surface area contributed by atoms with Crippen LogP contribution in [-0.2, 0) is 0 Å². The first-order valence-corrected chi connectivity index (χ1v) is 7.42. The molecule has 1 aliphatic heterocycles. The minimum atomic E-state index is -0.582. The highest BCUT2D eigenvalue weighted by atomic mass is 16.6. The van der Waals surface area contributed by atoms with Crippen molar-refractivity contribution in [3.63, 3.8) is 0 Å². The van der Waals surface area contributed by atoms with E-state index in [1.165, 1.54) is 19.2 Å². The Bertz CT molecular complexity index is 562. The number of para-hydroxylation sites is 1. The Morgan fingerprint density at radius 1 is 1.55 bits per heavy atom. The van der Waals surface area contributed by atoms with E-state index in [2.05, 4.69) is 17.1 Å². The highest BCUT2D eigenvalue weighted by Crippen LogP contribution is 2.30. The quantitative estimate of drug-likeness (QED) is 0.640. The van der Waals surface area contributed by atoms with E-state index >= 15 is 0 Å². The maximum Gasteiger partial charge on any atom is 0.323 e. The molecule has 1 aromatic rings. The molecular weight excluding hydrogens is 286 g/mol. The Morgan fingerprint density at radius 3 is 2.95 bits per heavy atom. The van der Waals surface area contributed by atoms with Crippen molar-refractivity contribution in [2.75, 3.05) is 26.7 Å². The van der Waals surface area contributed by atoms with Crippen LogP contribution in [0.4, 0.5) is 5.69 Å². The number of hydrogen-bond donors (Lipinski definition) is 1. The molecule has 0 aromatic heterocycles. The van der Waals surface area contributed by atoms with Crippen molar-refractivity contribution in [1.29, 1.82) is 0 Å². The second-order valence-corrected chi connectivity index (χ2v) is 5.25. The van der Waals surface area contributed by atoms with Gasteiger partial charge in [0, 0.05) is 12.6 Å². The molecule has 0 aliphatic carbocycles. The molecule has 7 heteroatoms. The zero-order valence-corrected chi connectivity index (χ0v) is 12.9. The average Bonchev–Trinajstić information content (AvgIpc) is 2.99. The number of methoxy groups -OCH3 is 1. The van der Waals surface area contributed by atoms with E-state index in [1.807, 2.05) is 0 Å². The molecule has 1 aliphatic rings. The molecule has 1 aromatic carbocycles. The predicted octanol–water partition coefficient (Wildman–Crippen LogP) is 1.82. The number of rotatable bonds is 6. The van der Waals surface area contributed by atoms with Gasteiger partial charge in [0.1, 0.15) is 5.56 Å². The number of nitro benzene ring substituents is 1. The molecule has 1 unspecified atom stereocenters. The number of amides is 1. The lowest BCUT2D eigenvalue weighted by molar-refractivity contribution is -0.386. The van der Waals surface area contributed by atoms with Crippen LogP contribution in [0.2, 0.25) is 0 Å². The molecule has 0 saturated carbocycles. The topological polar surface area (TPSA) is 84.7 Å². The summed E-state index contributed by atoms with van der Waals surface area (Å²) in [5.74, 6) is -0.345. The summed E-state index contributed by atoms with van der Waals surface area (Å²) < 4.78 is 4.98. The molecule has 120 valence electrons. The van der Waals surface area contributed by atoms with Gasteiger partial charge in [0.05, 0.1) is 12.0 Å². The lowest BCUT2D eigenvalue weighted by Crippen LogP contribution is -2.40. The molecule has 1 N–H and O–H groups in total. The maximum atomic E-state index is 12.3. The van der Waals surface area contributed by atoms with Gasteiger partial charge < -0.3 is 10.1 Å². The summed E-state index contributed by atoms with van der Waals surface area (Å²) in [7, 11) is 1.35. The first-order chi connectivity index (χ1) is 10.6. The fourth-order valence-corrected chi connectivity index (χ4v) is 2.91. The Morgan fingerprint density at radius 2 is 2.32 bits per heavy atom. The summed E-state index contributed by atoms with van der Waals surface area (Å²) in [6.07, 6.45) is 2.15. The van der Waals surface area contributed by atoms with Crippen LogP contribution in [0.25, 0.3) is 0 Å². The van der Waals surface area contributed by atoms with Crippen LogP contribution in [0.15, 0.2) is 18.2 Å². The predicted molar refractivity (Wildman–Crippen MR) is 82.3 cm³/mol. The minimum Gasteiger partial charge on any atom is -0.490 e. The van der Waals surface area contributed by atoms with Crippen LogP contribution < -0.4 is 10.1 Å². The van der Waals surface area contributed by atoms with Crippen molar-refractivity contribution in [2.45, 2.75) is 25.8 Å². The van der Waals surface area contributed by atoms with Crippen molar-refractivity contribution in [2.24, 2.45) is 0 Å². The van der Waals surface area contributed by atoms with Gasteiger partial charge in [-0.3, -0.25) is 19.8 Å². The SMILES string of the molecule is CCN1CCCC1CNC(=O)c1cccc(OC)c1[N+](=O)[O-]. The number of likely N-dealkylation sites (N-methyl/N-ethyl adjacent to an activating group) is 1. The monoisotopic (exact) mass is 307 g/mol. The fourth-order valence-electron chi connectivity index (χ4n) is 2.91. The molecule has 1 amide bonds. The molecule has 1 saturated heterocycles. The molecular formula is C15H21N3O4. The zero-order chi connectivity index (χ0) is 16.1. The summed E-state index contributed by atoms with van der Waals surface area (Å²) in [5.41, 5.74) is -0.258. The van der Waals surface area contributed by atoms with Gasteiger partial charge in [0.25, 0.3) is 5.91 Å². The molecule has 22 heavy (non-hydrogen) atoms. The number of hydrogen-bond acceptors (Lipinski definition) is 5. The zero-order valence-electron chi connectivity index (χ0n) is 12.9. The fraction of sp³-hybridized carbons (Fsp3) is 0.533. The number of nitrogens with one attached hydrogen (secondary N) is 1. The van der Waals surface area contributed by atoms with Gasteiger partial charge in [-0.25, -0.2) is 0 Å². The molecule has 1 atom stereocenters. The third kappa shape index (κ3) is 3.36. The van der Waals surface area contributed by atoms with E-state index in [0.29, 0.717) is 12.6 Å². The highest BCUT2D eigenvalue weighted by molar-refractivity contribution is 5.99. The molecule has 1 heterocycles. The summed E-state index contributed by atoms with van der Waals surface area (Å²) in [6.45, 7) is 4.57. The number of likely N-dealkylation sites (tertiary alicyclic amines) is 1. The summed E-state index contributed by atoms with van der Waals surface area (Å²) in [5, 5.41) is 14.0. The van der Waals surface area contributed by atoms with E-state index in [1.54, 1.807) is 6.07 Å². The molecule has 0 radical (unpaired) electrons. The molecule has 7 nitrogen and oxygen atoms in total.